The van der Waals surface area contributed by atoms with Crippen LogP contribution < -0.4 is 15.2 Å². The van der Waals surface area contributed by atoms with E-state index in [9.17, 15) is 14.9 Å². The standard InChI is InChI=1S/C30H30N8O4/c1-42-25-11-12-27-22(19-25)20-26(30(39)31-27)28(29-32-33-34-37(29)14-13-21-5-3-2-4-6-21)36-17-15-35(16-18-36)23-7-9-24(10-8-23)38(40)41/h2-12,19-20,28H,13-18H2,1H3,(H,31,39)/t28-/m0/s1. The number of rotatable bonds is 9. The first-order chi connectivity index (χ1) is 20.5. The molecule has 1 fully saturated rings. The van der Waals surface area contributed by atoms with Crippen LogP contribution in [0.1, 0.15) is 23.0 Å². The van der Waals surface area contributed by atoms with E-state index >= 15 is 0 Å². The summed E-state index contributed by atoms with van der Waals surface area (Å²) in [6, 6.07) is 23.7. The molecule has 0 aliphatic carbocycles. The number of fused-ring (bicyclic) bond motifs is 1. The van der Waals surface area contributed by atoms with Gasteiger partial charge in [0.25, 0.3) is 11.2 Å². The van der Waals surface area contributed by atoms with Crippen LogP contribution in [0.3, 0.4) is 0 Å². The van der Waals surface area contributed by atoms with Gasteiger partial charge in [0, 0.05) is 67.0 Å². The van der Waals surface area contributed by atoms with Crippen LogP contribution >= 0.6 is 0 Å². The molecule has 0 amide bonds. The summed E-state index contributed by atoms with van der Waals surface area (Å²) in [4.78, 5) is 31.7. The number of aryl methyl sites for hydroxylation is 2. The van der Waals surface area contributed by atoms with E-state index in [1.807, 2.05) is 42.5 Å². The number of hydrogen-bond donors (Lipinski definition) is 1. The number of aromatic nitrogens is 5. The van der Waals surface area contributed by atoms with E-state index in [4.69, 9.17) is 4.74 Å². The van der Waals surface area contributed by atoms with Crippen molar-refractivity contribution in [3.8, 4) is 5.75 Å². The second-order valence-electron chi connectivity index (χ2n) is 10.2. The zero-order valence-electron chi connectivity index (χ0n) is 23.1. The Labute approximate surface area is 241 Å². The van der Waals surface area contributed by atoms with Crippen LogP contribution in [0.2, 0.25) is 0 Å². The fourth-order valence-electron chi connectivity index (χ4n) is 5.50. The Bertz CT molecular complexity index is 1750. The normalized spacial score (nSPS) is 14.6. The maximum atomic E-state index is 13.6. The van der Waals surface area contributed by atoms with Gasteiger partial charge in [-0.05, 0) is 58.8 Å². The van der Waals surface area contributed by atoms with Gasteiger partial charge in [-0.1, -0.05) is 30.3 Å². The molecule has 2 aromatic heterocycles. The van der Waals surface area contributed by atoms with Gasteiger partial charge in [-0.3, -0.25) is 19.8 Å². The minimum Gasteiger partial charge on any atom is -0.497 e. The zero-order chi connectivity index (χ0) is 29.1. The molecule has 1 saturated heterocycles. The molecule has 1 aliphatic heterocycles. The van der Waals surface area contributed by atoms with Gasteiger partial charge in [0.2, 0.25) is 0 Å². The number of nitrogens with one attached hydrogen (secondary N) is 1. The third kappa shape index (κ3) is 5.56. The molecular weight excluding hydrogens is 536 g/mol. The number of anilines is 1. The molecule has 1 aliphatic rings. The van der Waals surface area contributed by atoms with Crippen molar-refractivity contribution in [2.45, 2.75) is 19.0 Å². The van der Waals surface area contributed by atoms with Crippen LogP contribution in [0.5, 0.6) is 5.75 Å². The van der Waals surface area contributed by atoms with Crippen molar-refractivity contribution in [3.63, 3.8) is 0 Å². The molecule has 3 aromatic carbocycles. The lowest BCUT2D eigenvalue weighted by Gasteiger charge is -2.39. The maximum absolute atomic E-state index is 13.6. The molecule has 1 atom stereocenters. The quantitative estimate of drug-likeness (QED) is 0.210. The molecule has 12 heteroatoms. The summed E-state index contributed by atoms with van der Waals surface area (Å²) in [6.45, 7) is 3.15. The van der Waals surface area contributed by atoms with Crippen molar-refractivity contribution in [1.29, 1.82) is 0 Å². The first-order valence-corrected chi connectivity index (χ1v) is 13.7. The second kappa shape index (κ2) is 11.8. The third-order valence-electron chi connectivity index (χ3n) is 7.74. The summed E-state index contributed by atoms with van der Waals surface area (Å²) in [5.41, 5.74) is 3.22. The van der Waals surface area contributed by atoms with Gasteiger partial charge in [-0.15, -0.1) is 5.10 Å². The van der Waals surface area contributed by atoms with E-state index in [2.05, 4.69) is 42.4 Å². The predicted octanol–water partition coefficient (Wildman–Crippen LogP) is 3.59. The Morgan fingerprint density at radius 3 is 2.48 bits per heavy atom. The number of piperazine rings is 1. The summed E-state index contributed by atoms with van der Waals surface area (Å²) in [5.74, 6) is 1.30. The molecule has 0 unspecified atom stereocenters. The number of H-pyrrole nitrogens is 1. The highest BCUT2D eigenvalue weighted by Crippen LogP contribution is 2.30. The highest BCUT2D eigenvalue weighted by atomic mass is 16.6. The molecule has 1 N–H and O–H groups in total. The molecule has 0 spiro atoms. The number of tetrazole rings is 1. The summed E-state index contributed by atoms with van der Waals surface area (Å²) >= 11 is 0. The number of benzene rings is 3. The van der Waals surface area contributed by atoms with Crippen molar-refractivity contribution in [3.05, 3.63) is 116 Å². The van der Waals surface area contributed by atoms with Crippen LogP contribution in [-0.2, 0) is 13.0 Å². The third-order valence-corrected chi connectivity index (χ3v) is 7.74. The van der Waals surface area contributed by atoms with Gasteiger partial charge < -0.3 is 14.6 Å². The minimum atomic E-state index is -0.492. The predicted molar refractivity (Wildman–Crippen MR) is 158 cm³/mol. The fraction of sp³-hybridized carbons (Fsp3) is 0.267. The van der Waals surface area contributed by atoms with E-state index in [1.165, 1.54) is 17.7 Å². The molecule has 3 heterocycles. The summed E-state index contributed by atoms with van der Waals surface area (Å²) in [6.07, 6.45) is 0.741. The molecular formula is C30H30N8O4. The Morgan fingerprint density at radius 1 is 1.00 bits per heavy atom. The number of hydrogen-bond acceptors (Lipinski definition) is 9. The molecule has 214 valence electrons. The molecule has 0 saturated carbocycles. The van der Waals surface area contributed by atoms with Gasteiger partial charge >= 0.3 is 0 Å². The minimum absolute atomic E-state index is 0.0620. The maximum Gasteiger partial charge on any atom is 0.269 e. The van der Waals surface area contributed by atoms with Crippen molar-refractivity contribution < 1.29 is 9.66 Å². The van der Waals surface area contributed by atoms with E-state index in [0.29, 0.717) is 49.9 Å². The number of methoxy groups -OCH3 is 1. The van der Waals surface area contributed by atoms with Crippen molar-refractivity contribution in [2.24, 2.45) is 0 Å². The number of nitrogens with zero attached hydrogens (tertiary/aromatic N) is 7. The van der Waals surface area contributed by atoms with Gasteiger partial charge in [0.05, 0.1) is 12.0 Å². The average molecular weight is 567 g/mol. The van der Waals surface area contributed by atoms with Crippen LogP contribution in [0.15, 0.2) is 83.7 Å². The van der Waals surface area contributed by atoms with Crippen LogP contribution in [0.25, 0.3) is 10.9 Å². The fourth-order valence-corrected chi connectivity index (χ4v) is 5.50. The summed E-state index contributed by atoms with van der Waals surface area (Å²) in [5, 5.41) is 24.7. The lowest BCUT2D eigenvalue weighted by molar-refractivity contribution is -0.384. The average Bonchev–Trinajstić information content (AvgIpc) is 3.49. The number of nitro groups is 1. The van der Waals surface area contributed by atoms with Crippen LogP contribution in [0.4, 0.5) is 11.4 Å². The Kier molecular flexibility index (Phi) is 7.60. The van der Waals surface area contributed by atoms with Gasteiger partial charge in [0.15, 0.2) is 5.82 Å². The van der Waals surface area contributed by atoms with Gasteiger partial charge in [-0.25, -0.2) is 4.68 Å². The summed E-state index contributed by atoms with van der Waals surface area (Å²) < 4.78 is 7.21. The highest BCUT2D eigenvalue weighted by Gasteiger charge is 2.33. The summed E-state index contributed by atoms with van der Waals surface area (Å²) in [7, 11) is 1.61. The van der Waals surface area contributed by atoms with Gasteiger partial charge in [0.1, 0.15) is 11.8 Å². The van der Waals surface area contributed by atoms with Gasteiger partial charge in [-0.2, -0.15) is 0 Å². The van der Waals surface area contributed by atoms with Crippen LogP contribution in [0, 0.1) is 10.1 Å². The number of ether oxygens (including phenoxy) is 1. The Balaban J connectivity index is 1.33. The number of pyridine rings is 1. The second-order valence-corrected chi connectivity index (χ2v) is 10.2. The molecule has 0 bridgehead atoms. The highest BCUT2D eigenvalue weighted by molar-refractivity contribution is 5.80. The topological polar surface area (TPSA) is 135 Å². The Morgan fingerprint density at radius 2 is 1.76 bits per heavy atom. The number of nitro benzene ring substituents is 1. The molecule has 0 radical (unpaired) electrons. The lowest BCUT2D eigenvalue weighted by Crippen LogP contribution is -2.49. The van der Waals surface area contributed by atoms with Crippen molar-refractivity contribution in [2.75, 3.05) is 38.2 Å². The molecule has 5 aromatic rings. The largest absolute Gasteiger partial charge is 0.497 e. The first kappa shape index (κ1) is 27.1. The number of aromatic amines is 1. The monoisotopic (exact) mass is 566 g/mol. The van der Waals surface area contributed by atoms with Crippen molar-refractivity contribution in [1.82, 2.24) is 30.1 Å². The van der Waals surface area contributed by atoms with E-state index in [-0.39, 0.29) is 11.2 Å². The molecule has 42 heavy (non-hydrogen) atoms. The SMILES string of the molecule is COc1ccc2[nH]c(=O)c([C@@H](c3nnnn3CCc3ccccc3)N3CCN(c4ccc([N+](=O)[O-])cc4)CC3)cc2c1. The number of non-ortho nitro benzene ring substituents is 1. The first-order valence-electron chi connectivity index (χ1n) is 13.7. The lowest BCUT2D eigenvalue weighted by atomic mass is 10.0. The zero-order valence-corrected chi connectivity index (χ0v) is 23.1. The van der Waals surface area contributed by atoms with E-state index in [0.717, 1.165) is 23.0 Å². The molecule has 6 rings (SSSR count). The Hall–Kier alpha value is -5.10. The van der Waals surface area contributed by atoms with Crippen molar-refractivity contribution >= 4 is 22.3 Å². The van der Waals surface area contributed by atoms with E-state index in [1.54, 1.807) is 23.9 Å². The smallest absolute Gasteiger partial charge is 0.269 e. The molecule has 12 nitrogen and oxygen atoms in total. The van der Waals surface area contributed by atoms with E-state index < -0.39 is 11.0 Å². The van der Waals surface area contributed by atoms with Crippen LogP contribution in [-0.4, -0.2) is 68.3 Å².